The average Bonchev–Trinajstić information content (AvgIpc) is 2.95. The van der Waals surface area contributed by atoms with Crippen LogP contribution in [-0.4, -0.2) is 29.3 Å². The first kappa shape index (κ1) is 37.2. The van der Waals surface area contributed by atoms with Crippen molar-refractivity contribution in [3.8, 4) is 0 Å². The molecule has 4 heteroatoms. The van der Waals surface area contributed by atoms with Crippen LogP contribution in [0.1, 0.15) is 99.8 Å². The Kier molecular flexibility index (Phi) is 15.7. The first-order valence-corrected chi connectivity index (χ1v) is 21.6. The van der Waals surface area contributed by atoms with Crippen LogP contribution >= 0.6 is 0 Å². The van der Waals surface area contributed by atoms with Gasteiger partial charge in [-0.1, -0.05) is 165 Å². The summed E-state index contributed by atoms with van der Waals surface area (Å²) in [7, 11) is -4.20. The van der Waals surface area contributed by atoms with Crippen LogP contribution in [-0.2, 0) is 8.85 Å². The SMILES string of the molecule is CCCCC[C@@H](/C=C/C=C\C/C=C\CCCCO[Si](C)(C)C(C)(C)C)O[Si](c1ccccc1)(c1ccccc1)C(C)(C)C. The van der Waals surface area contributed by atoms with Crippen LogP contribution in [0.5, 0.6) is 0 Å². The van der Waals surface area contributed by atoms with Crippen LogP contribution in [0, 0.1) is 0 Å². The second-order valence-corrected chi connectivity index (χ2v) is 23.5. The molecule has 0 spiro atoms. The number of rotatable bonds is 18. The number of benzene rings is 2. The van der Waals surface area contributed by atoms with Gasteiger partial charge in [-0.15, -0.1) is 0 Å². The summed E-state index contributed by atoms with van der Waals surface area (Å²) in [6, 6.07) is 22.0. The van der Waals surface area contributed by atoms with Crippen molar-refractivity contribution in [2.45, 2.75) is 129 Å². The topological polar surface area (TPSA) is 18.5 Å². The summed E-state index contributed by atoms with van der Waals surface area (Å²) in [5, 5.41) is 2.95. The molecule has 0 aliphatic carbocycles. The van der Waals surface area contributed by atoms with E-state index >= 15 is 0 Å². The van der Waals surface area contributed by atoms with Gasteiger partial charge in [0.25, 0.3) is 8.32 Å². The van der Waals surface area contributed by atoms with Gasteiger partial charge in [-0.3, -0.25) is 0 Å². The molecule has 0 bridgehead atoms. The Bertz CT molecular complexity index is 1070. The van der Waals surface area contributed by atoms with Gasteiger partial charge in [0.15, 0.2) is 8.32 Å². The molecule has 1 atom stereocenters. The van der Waals surface area contributed by atoms with Crippen LogP contribution in [0.15, 0.2) is 97.1 Å². The van der Waals surface area contributed by atoms with Crippen molar-refractivity contribution in [1.82, 2.24) is 0 Å². The van der Waals surface area contributed by atoms with E-state index in [1.54, 1.807) is 0 Å². The number of hydrogen-bond donors (Lipinski definition) is 0. The van der Waals surface area contributed by atoms with Crippen molar-refractivity contribution in [3.05, 3.63) is 97.1 Å². The van der Waals surface area contributed by atoms with Crippen LogP contribution in [0.25, 0.3) is 0 Å². The van der Waals surface area contributed by atoms with E-state index in [0.717, 1.165) is 32.3 Å². The smallest absolute Gasteiger partial charge is 0.261 e. The zero-order valence-electron chi connectivity index (χ0n) is 29.0. The third-order valence-corrected chi connectivity index (χ3v) is 18.5. The fourth-order valence-corrected chi connectivity index (χ4v) is 11.0. The Morgan fingerprint density at radius 3 is 1.84 bits per heavy atom. The summed E-state index contributed by atoms with van der Waals surface area (Å²) >= 11 is 0. The first-order valence-electron chi connectivity index (χ1n) is 16.8. The molecule has 0 saturated heterocycles. The van der Waals surface area contributed by atoms with Gasteiger partial charge >= 0.3 is 0 Å². The predicted octanol–water partition coefficient (Wildman–Crippen LogP) is 10.8. The molecule has 2 aromatic carbocycles. The largest absolute Gasteiger partial charge is 0.417 e. The van der Waals surface area contributed by atoms with E-state index < -0.39 is 16.6 Å². The summed E-state index contributed by atoms with van der Waals surface area (Å²) in [6.45, 7) is 21.8. The van der Waals surface area contributed by atoms with Crippen LogP contribution in [0.3, 0.4) is 0 Å². The van der Waals surface area contributed by atoms with Crippen molar-refractivity contribution in [1.29, 1.82) is 0 Å². The molecule has 238 valence electrons. The summed E-state index contributed by atoms with van der Waals surface area (Å²) in [4.78, 5) is 0. The quantitative estimate of drug-likeness (QED) is 0.0716. The van der Waals surface area contributed by atoms with E-state index in [1.165, 1.54) is 36.1 Å². The molecule has 0 amide bonds. The number of unbranched alkanes of at least 4 members (excludes halogenated alkanes) is 4. The lowest BCUT2D eigenvalue weighted by molar-refractivity contribution is 0.218. The summed E-state index contributed by atoms with van der Waals surface area (Å²) in [5.74, 6) is 0. The van der Waals surface area contributed by atoms with Gasteiger partial charge in [0.1, 0.15) is 0 Å². The molecule has 0 heterocycles. The molecule has 0 fully saturated rings. The molecule has 0 N–H and O–H groups in total. The van der Waals surface area contributed by atoms with Crippen molar-refractivity contribution < 1.29 is 8.85 Å². The zero-order chi connectivity index (χ0) is 31.8. The van der Waals surface area contributed by atoms with Gasteiger partial charge < -0.3 is 8.85 Å². The van der Waals surface area contributed by atoms with Gasteiger partial charge in [-0.05, 0) is 65.6 Å². The molecule has 0 radical (unpaired) electrons. The highest BCUT2D eigenvalue weighted by Gasteiger charge is 2.51. The third-order valence-electron chi connectivity index (χ3n) is 8.88. The van der Waals surface area contributed by atoms with E-state index in [0.29, 0.717) is 0 Å². The molecule has 2 aromatic rings. The highest BCUT2D eigenvalue weighted by Crippen LogP contribution is 2.38. The predicted molar refractivity (Wildman–Crippen MR) is 196 cm³/mol. The minimum absolute atomic E-state index is 0.0238. The lowest BCUT2D eigenvalue weighted by Crippen LogP contribution is -2.67. The van der Waals surface area contributed by atoms with Crippen molar-refractivity contribution in [3.63, 3.8) is 0 Å². The third kappa shape index (κ3) is 11.8. The van der Waals surface area contributed by atoms with Crippen molar-refractivity contribution in [2.24, 2.45) is 0 Å². The van der Waals surface area contributed by atoms with E-state index in [9.17, 15) is 0 Å². The van der Waals surface area contributed by atoms with Gasteiger partial charge in [0.05, 0.1) is 6.10 Å². The Labute approximate surface area is 268 Å². The maximum Gasteiger partial charge on any atom is 0.261 e. The van der Waals surface area contributed by atoms with Gasteiger partial charge in [0.2, 0.25) is 0 Å². The minimum Gasteiger partial charge on any atom is -0.417 e. The summed E-state index contributed by atoms with van der Waals surface area (Å²) < 4.78 is 13.8. The van der Waals surface area contributed by atoms with E-state index in [1.807, 2.05) is 0 Å². The fourth-order valence-electron chi connectivity index (χ4n) is 5.25. The normalized spacial score (nSPS) is 14.3. The second kappa shape index (κ2) is 18.1. The molecule has 2 nitrogen and oxygen atoms in total. The Balaban J connectivity index is 2.04. The van der Waals surface area contributed by atoms with Crippen molar-refractivity contribution >= 4 is 27.0 Å². The van der Waals surface area contributed by atoms with E-state index in [-0.39, 0.29) is 16.2 Å². The van der Waals surface area contributed by atoms with Crippen LogP contribution in [0.2, 0.25) is 23.2 Å². The highest BCUT2D eigenvalue weighted by molar-refractivity contribution is 6.99. The maximum atomic E-state index is 7.45. The number of allylic oxidation sites excluding steroid dienone is 5. The maximum absolute atomic E-state index is 7.45. The molecule has 43 heavy (non-hydrogen) atoms. The zero-order valence-corrected chi connectivity index (χ0v) is 31.0. The average molecular weight is 619 g/mol. The molecule has 0 aliphatic heterocycles. The molecule has 0 aliphatic rings. The molecule has 0 aromatic heterocycles. The van der Waals surface area contributed by atoms with E-state index in [4.69, 9.17) is 8.85 Å². The molecule has 2 rings (SSSR count). The standard InChI is InChI=1S/C39H62O2Si2/c1-10-11-21-28-35(29-22-17-15-13-12-14-16-18-27-34-40-42(8,9)38(2,3)4)41-43(39(5,6)7,36-30-23-19-24-31-36)37-32-25-20-26-33-37/h12,14-15,17,19-20,22-26,29-33,35H,10-11,13,16,18,21,27-28,34H2,1-9H3/b14-12-,17-15-,29-22+/t35-/m0/s1. The van der Waals surface area contributed by atoms with Gasteiger partial charge in [0, 0.05) is 6.61 Å². The van der Waals surface area contributed by atoms with E-state index in [2.05, 4.69) is 159 Å². The monoisotopic (exact) mass is 618 g/mol. The van der Waals surface area contributed by atoms with Crippen molar-refractivity contribution in [2.75, 3.05) is 6.61 Å². The molecular weight excluding hydrogens is 557 g/mol. The second-order valence-electron chi connectivity index (χ2n) is 14.4. The number of hydrogen-bond acceptors (Lipinski definition) is 2. The highest BCUT2D eigenvalue weighted by atomic mass is 28.4. The molecule has 0 unspecified atom stereocenters. The Hall–Kier alpha value is -1.99. The van der Waals surface area contributed by atoms with Gasteiger partial charge in [-0.25, -0.2) is 0 Å². The Morgan fingerprint density at radius 2 is 1.30 bits per heavy atom. The lowest BCUT2D eigenvalue weighted by atomic mass is 10.1. The fraction of sp³-hybridized carbons (Fsp3) is 0.538. The van der Waals surface area contributed by atoms with Gasteiger partial charge in [-0.2, -0.15) is 0 Å². The summed E-state index contributed by atoms with van der Waals surface area (Å²) in [6.07, 6.45) is 22.7. The first-order chi connectivity index (χ1) is 20.3. The minimum atomic E-state index is -2.59. The summed E-state index contributed by atoms with van der Waals surface area (Å²) in [5.41, 5.74) is 0. The molecular formula is C39H62O2Si2. The van der Waals surface area contributed by atoms with Crippen LogP contribution in [0.4, 0.5) is 0 Å². The Morgan fingerprint density at radius 1 is 0.698 bits per heavy atom. The van der Waals surface area contributed by atoms with Crippen LogP contribution < -0.4 is 10.4 Å². The lowest BCUT2D eigenvalue weighted by Gasteiger charge is -2.45. The molecule has 0 saturated carbocycles.